The first-order valence-corrected chi connectivity index (χ1v) is 12.3. The summed E-state index contributed by atoms with van der Waals surface area (Å²) in [6, 6.07) is 11.5. The SMILES string of the molecule is COc1ccc([C@H]2CNC(=O)[C@H](Cc3nc4c(NC(C)=O)cccc4o3)C2)cc1OC1CCCC1. The lowest BCUT2D eigenvalue weighted by Gasteiger charge is -2.29. The Morgan fingerprint density at radius 1 is 1.20 bits per heavy atom. The zero-order chi connectivity index (χ0) is 24.4. The Bertz CT molecular complexity index is 1230. The largest absolute Gasteiger partial charge is 0.493 e. The van der Waals surface area contributed by atoms with Crippen molar-refractivity contribution in [3.8, 4) is 11.5 Å². The van der Waals surface area contributed by atoms with Gasteiger partial charge in [0.25, 0.3) is 0 Å². The molecule has 1 saturated carbocycles. The third kappa shape index (κ3) is 5.11. The maximum Gasteiger partial charge on any atom is 0.223 e. The molecule has 2 aliphatic rings. The molecule has 2 heterocycles. The maximum atomic E-state index is 12.7. The molecule has 1 aromatic heterocycles. The number of anilines is 1. The number of nitrogens with zero attached hydrogens (tertiary/aromatic N) is 1. The number of methoxy groups -OCH3 is 1. The number of rotatable bonds is 7. The first kappa shape index (κ1) is 23.2. The summed E-state index contributed by atoms with van der Waals surface area (Å²) in [5.74, 6) is 1.70. The van der Waals surface area contributed by atoms with Crippen molar-refractivity contribution >= 4 is 28.6 Å². The van der Waals surface area contributed by atoms with Crippen LogP contribution in [-0.2, 0) is 16.0 Å². The Kier molecular flexibility index (Phi) is 6.61. The predicted molar refractivity (Wildman–Crippen MR) is 132 cm³/mol. The molecule has 35 heavy (non-hydrogen) atoms. The first-order valence-electron chi connectivity index (χ1n) is 12.3. The van der Waals surface area contributed by atoms with Crippen LogP contribution in [0, 0.1) is 5.92 Å². The van der Waals surface area contributed by atoms with Crippen molar-refractivity contribution in [2.45, 2.75) is 57.5 Å². The van der Waals surface area contributed by atoms with Crippen molar-refractivity contribution in [2.24, 2.45) is 5.92 Å². The second kappa shape index (κ2) is 9.98. The maximum absolute atomic E-state index is 12.7. The van der Waals surface area contributed by atoms with E-state index < -0.39 is 0 Å². The fourth-order valence-electron chi connectivity index (χ4n) is 5.14. The van der Waals surface area contributed by atoms with Gasteiger partial charge in [-0.05, 0) is 61.9 Å². The van der Waals surface area contributed by atoms with Gasteiger partial charge in [0, 0.05) is 31.7 Å². The number of carbonyl (C=O) groups excluding carboxylic acids is 2. The molecule has 5 rings (SSSR count). The summed E-state index contributed by atoms with van der Waals surface area (Å²) < 4.78 is 17.7. The standard InChI is InChI=1S/C27H31N3O5/c1-16(31)29-21-8-5-9-23-26(21)30-25(35-23)14-18-12-19(15-28-27(18)32)17-10-11-22(33-2)24(13-17)34-20-6-3-4-7-20/h5,8-11,13,18-20H,3-4,6-7,12,14-15H2,1-2H3,(H,28,32)(H,29,31)/t18-,19+/m0/s1. The number of para-hydroxylation sites is 1. The molecule has 2 fully saturated rings. The predicted octanol–water partition coefficient (Wildman–Crippen LogP) is 4.58. The zero-order valence-electron chi connectivity index (χ0n) is 20.1. The molecule has 1 aliphatic carbocycles. The van der Waals surface area contributed by atoms with Gasteiger partial charge in [0.2, 0.25) is 11.8 Å². The summed E-state index contributed by atoms with van der Waals surface area (Å²) in [4.78, 5) is 28.8. The van der Waals surface area contributed by atoms with Gasteiger partial charge in [-0.15, -0.1) is 0 Å². The Labute approximate surface area is 204 Å². The van der Waals surface area contributed by atoms with E-state index in [1.54, 1.807) is 19.2 Å². The molecule has 0 spiro atoms. The topological polar surface area (TPSA) is 103 Å². The molecule has 1 saturated heterocycles. The zero-order valence-corrected chi connectivity index (χ0v) is 20.1. The summed E-state index contributed by atoms with van der Waals surface area (Å²) in [5, 5.41) is 5.84. The van der Waals surface area contributed by atoms with Crippen LogP contribution in [0.3, 0.4) is 0 Å². The van der Waals surface area contributed by atoms with Crippen molar-refractivity contribution in [3.63, 3.8) is 0 Å². The third-order valence-corrected chi connectivity index (χ3v) is 6.91. The summed E-state index contributed by atoms with van der Waals surface area (Å²) in [5.41, 5.74) is 2.90. The van der Waals surface area contributed by atoms with Gasteiger partial charge in [-0.3, -0.25) is 9.59 Å². The van der Waals surface area contributed by atoms with E-state index in [1.807, 2.05) is 12.1 Å². The van der Waals surface area contributed by atoms with Crippen LogP contribution in [0.25, 0.3) is 11.1 Å². The molecular weight excluding hydrogens is 446 g/mol. The van der Waals surface area contributed by atoms with Gasteiger partial charge in [-0.25, -0.2) is 4.98 Å². The van der Waals surface area contributed by atoms with E-state index in [9.17, 15) is 9.59 Å². The molecule has 3 aromatic rings. The van der Waals surface area contributed by atoms with E-state index in [0.29, 0.717) is 42.1 Å². The number of carbonyl (C=O) groups is 2. The van der Waals surface area contributed by atoms with E-state index in [1.165, 1.54) is 19.8 Å². The van der Waals surface area contributed by atoms with Crippen LogP contribution in [-0.4, -0.2) is 36.6 Å². The van der Waals surface area contributed by atoms with Gasteiger partial charge in [0.1, 0.15) is 5.52 Å². The van der Waals surface area contributed by atoms with Crippen molar-refractivity contribution in [3.05, 3.63) is 47.9 Å². The Hall–Kier alpha value is -3.55. The minimum atomic E-state index is -0.271. The number of aromatic nitrogens is 1. The van der Waals surface area contributed by atoms with E-state index in [4.69, 9.17) is 13.9 Å². The number of oxazole rings is 1. The number of hydrogen-bond donors (Lipinski definition) is 2. The van der Waals surface area contributed by atoms with Crippen LogP contribution in [0.5, 0.6) is 11.5 Å². The van der Waals surface area contributed by atoms with Gasteiger partial charge in [-0.2, -0.15) is 0 Å². The van der Waals surface area contributed by atoms with Crippen molar-refractivity contribution in [2.75, 3.05) is 19.0 Å². The van der Waals surface area contributed by atoms with Crippen molar-refractivity contribution in [1.29, 1.82) is 0 Å². The molecule has 0 radical (unpaired) electrons. The van der Waals surface area contributed by atoms with E-state index in [2.05, 4.69) is 27.8 Å². The van der Waals surface area contributed by atoms with E-state index in [-0.39, 0.29) is 29.8 Å². The Morgan fingerprint density at radius 3 is 2.80 bits per heavy atom. The summed E-state index contributed by atoms with van der Waals surface area (Å²) in [7, 11) is 1.66. The van der Waals surface area contributed by atoms with Crippen LogP contribution in [0.4, 0.5) is 5.69 Å². The highest BCUT2D eigenvalue weighted by molar-refractivity contribution is 5.97. The highest BCUT2D eigenvalue weighted by Crippen LogP contribution is 2.37. The highest BCUT2D eigenvalue weighted by atomic mass is 16.5. The third-order valence-electron chi connectivity index (χ3n) is 6.91. The van der Waals surface area contributed by atoms with Gasteiger partial charge in [0.05, 0.1) is 18.9 Å². The first-order chi connectivity index (χ1) is 17.0. The quantitative estimate of drug-likeness (QED) is 0.516. The molecule has 1 aliphatic heterocycles. The molecule has 0 unspecified atom stereocenters. The van der Waals surface area contributed by atoms with Crippen molar-refractivity contribution in [1.82, 2.24) is 10.3 Å². The smallest absolute Gasteiger partial charge is 0.223 e. The molecule has 2 N–H and O–H groups in total. The van der Waals surface area contributed by atoms with Gasteiger partial charge in [0.15, 0.2) is 23.0 Å². The van der Waals surface area contributed by atoms with Gasteiger partial charge < -0.3 is 24.5 Å². The number of hydrogen-bond acceptors (Lipinski definition) is 6. The molecular formula is C27H31N3O5. The van der Waals surface area contributed by atoms with Crippen LogP contribution < -0.4 is 20.1 Å². The number of fused-ring (bicyclic) bond motifs is 1. The Balaban J connectivity index is 1.33. The molecule has 184 valence electrons. The normalized spacial score (nSPS) is 20.6. The second-order valence-electron chi connectivity index (χ2n) is 9.45. The fraction of sp³-hybridized carbons (Fsp3) is 0.444. The highest BCUT2D eigenvalue weighted by Gasteiger charge is 2.32. The van der Waals surface area contributed by atoms with Gasteiger partial charge >= 0.3 is 0 Å². The van der Waals surface area contributed by atoms with Crippen LogP contribution in [0.2, 0.25) is 0 Å². The molecule has 8 nitrogen and oxygen atoms in total. The molecule has 2 aromatic carbocycles. The number of ether oxygens (including phenoxy) is 2. The average Bonchev–Trinajstić information content (AvgIpc) is 3.50. The Morgan fingerprint density at radius 2 is 2.03 bits per heavy atom. The van der Waals surface area contributed by atoms with E-state index >= 15 is 0 Å². The lowest BCUT2D eigenvalue weighted by atomic mass is 9.83. The average molecular weight is 478 g/mol. The molecule has 2 amide bonds. The van der Waals surface area contributed by atoms with Gasteiger partial charge in [-0.1, -0.05) is 12.1 Å². The summed E-state index contributed by atoms with van der Waals surface area (Å²) in [6.07, 6.45) is 5.85. The second-order valence-corrected chi connectivity index (χ2v) is 9.45. The minimum Gasteiger partial charge on any atom is -0.493 e. The lowest BCUT2D eigenvalue weighted by molar-refractivity contribution is -0.127. The fourth-order valence-corrected chi connectivity index (χ4v) is 5.14. The summed E-state index contributed by atoms with van der Waals surface area (Å²) >= 11 is 0. The number of piperidine rings is 1. The molecule has 8 heteroatoms. The molecule has 2 atom stereocenters. The number of nitrogens with one attached hydrogen (secondary N) is 2. The monoisotopic (exact) mass is 477 g/mol. The van der Waals surface area contributed by atoms with E-state index in [0.717, 1.165) is 29.9 Å². The van der Waals surface area contributed by atoms with Crippen LogP contribution >= 0.6 is 0 Å². The lowest BCUT2D eigenvalue weighted by Crippen LogP contribution is -2.41. The molecule has 0 bridgehead atoms. The number of benzene rings is 2. The summed E-state index contributed by atoms with van der Waals surface area (Å²) in [6.45, 7) is 2.03. The van der Waals surface area contributed by atoms with Crippen LogP contribution in [0.1, 0.15) is 56.4 Å². The van der Waals surface area contributed by atoms with Crippen LogP contribution in [0.15, 0.2) is 40.8 Å². The number of amides is 2. The minimum absolute atomic E-state index is 0.00142. The van der Waals surface area contributed by atoms with Crippen molar-refractivity contribution < 1.29 is 23.5 Å².